The van der Waals surface area contributed by atoms with Gasteiger partial charge in [0.25, 0.3) is 0 Å². The Morgan fingerprint density at radius 2 is 2.22 bits per heavy atom. The fourth-order valence-corrected chi connectivity index (χ4v) is 2.30. The lowest BCUT2D eigenvalue weighted by molar-refractivity contribution is -0.0575. The van der Waals surface area contributed by atoms with E-state index in [1.165, 1.54) is 6.42 Å². The average Bonchev–Trinajstić information content (AvgIpc) is 2.40. The van der Waals surface area contributed by atoms with Crippen LogP contribution in [0.15, 0.2) is 24.3 Å². The Labute approximate surface area is 109 Å². The number of hydrogen-bond acceptors (Lipinski definition) is 3. The van der Waals surface area contributed by atoms with Gasteiger partial charge in [0.2, 0.25) is 0 Å². The molecule has 1 N–H and O–H groups in total. The molecule has 0 saturated carbocycles. The van der Waals surface area contributed by atoms with Crippen molar-refractivity contribution in [1.82, 2.24) is 0 Å². The van der Waals surface area contributed by atoms with Crippen molar-refractivity contribution in [3.63, 3.8) is 0 Å². The number of benzene rings is 1. The number of hydrogen-bond donors (Lipinski definition) is 1. The van der Waals surface area contributed by atoms with Gasteiger partial charge in [-0.1, -0.05) is 24.3 Å². The Morgan fingerprint density at radius 3 is 2.94 bits per heavy atom. The largest absolute Gasteiger partial charge is 0.386 e. The molecule has 0 bridgehead atoms. The molecule has 1 heterocycles. The number of aryl methyl sites for hydroxylation is 1. The van der Waals surface area contributed by atoms with Crippen LogP contribution < -0.4 is 0 Å². The average molecular weight is 250 g/mol. The van der Waals surface area contributed by atoms with Crippen LogP contribution in [-0.2, 0) is 9.47 Å². The predicted octanol–water partition coefficient (Wildman–Crippen LogP) is 2.61. The maximum absolute atomic E-state index is 10.1. The fourth-order valence-electron chi connectivity index (χ4n) is 2.30. The van der Waals surface area contributed by atoms with E-state index in [9.17, 15) is 5.11 Å². The summed E-state index contributed by atoms with van der Waals surface area (Å²) in [6.45, 7) is 3.77. The van der Waals surface area contributed by atoms with Gasteiger partial charge in [-0.05, 0) is 37.3 Å². The van der Waals surface area contributed by atoms with Crippen LogP contribution in [0, 0.1) is 6.92 Å². The summed E-state index contributed by atoms with van der Waals surface area (Å²) in [4.78, 5) is 0. The SMILES string of the molecule is Cc1ccccc1C(O)COCC1CCCCO1. The minimum atomic E-state index is -0.546. The van der Waals surface area contributed by atoms with Gasteiger partial charge < -0.3 is 14.6 Å². The van der Waals surface area contributed by atoms with Crippen molar-refractivity contribution in [2.24, 2.45) is 0 Å². The Morgan fingerprint density at radius 1 is 1.39 bits per heavy atom. The molecule has 2 rings (SSSR count). The summed E-state index contributed by atoms with van der Waals surface area (Å²) < 4.78 is 11.2. The highest BCUT2D eigenvalue weighted by Gasteiger charge is 2.15. The Balaban J connectivity index is 1.74. The van der Waals surface area contributed by atoms with Gasteiger partial charge in [0.05, 0.1) is 19.3 Å². The van der Waals surface area contributed by atoms with Crippen molar-refractivity contribution in [1.29, 1.82) is 0 Å². The van der Waals surface area contributed by atoms with E-state index in [1.807, 2.05) is 31.2 Å². The molecule has 1 aromatic carbocycles. The second-order valence-electron chi connectivity index (χ2n) is 4.90. The summed E-state index contributed by atoms with van der Waals surface area (Å²) in [5.74, 6) is 0. The van der Waals surface area contributed by atoms with Crippen molar-refractivity contribution in [2.45, 2.75) is 38.4 Å². The normalized spacial score (nSPS) is 21.8. The van der Waals surface area contributed by atoms with E-state index in [-0.39, 0.29) is 6.10 Å². The highest BCUT2D eigenvalue weighted by atomic mass is 16.5. The van der Waals surface area contributed by atoms with E-state index >= 15 is 0 Å². The molecule has 2 atom stereocenters. The molecule has 3 heteroatoms. The Bertz CT molecular complexity index is 359. The fraction of sp³-hybridized carbons (Fsp3) is 0.600. The van der Waals surface area contributed by atoms with Crippen molar-refractivity contribution in [3.8, 4) is 0 Å². The summed E-state index contributed by atoms with van der Waals surface area (Å²) in [5, 5.41) is 10.1. The van der Waals surface area contributed by atoms with E-state index in [4.69, 9.17) is 9.47 Å². The molecule has 3 nitrogen and oxygen atoms in total. The van der Waals surface area contributed by atoms with Crippen LogP contribution in [0.2, 0.25) is 0 Å². The van der Waals surface area contributed by atoms with E-state index in [0.717, 1.165) is 30.6 Å². The minimum absolute atomic E-state index is 0.211. The second kappa shape index (κ2) is 6.88. The summed E-state index contributed by atoms with van der Waals surface area (Å²) >= 11 is 0. The Kier molecular flexibility index (Phi) is 5.17. The molecule has 100 valence electrons. The van der Waals surface area contributed by atoms with Gasteiger partial charge >= 0.3 is 0 Å². The Hall–Kier alpha value is -0.900. The number of aliphatic hydroxyl groups excluding tert-OH is 1. The molecule has 1 fully saturated rings. The number of ether oxygens (including phenoxy) is 2. The molecular formula is C15H22O3. The predicted molar refractivity (Wildman–Crippen MR) is 70.5 cm³/mol. The monoisotopic (exact) mass is 250 g/mol. The quantitative estimate of drug-likeness (QED) is 0.873. The van der Waals surface area contributed by atoms with Gasteiger partial charge in [-0.3, -0.25) is 0 Å². The van der Waals surface area contributed by atoms with Gasteiger partial charge in [-0.25, -0.2) is 0 Å². The molecule has 1 aliphatic heterocycles. The molecule has 0 amide bonds. The first-order valence-corrected chi connectivity index (χ1v) is 6.70. The lowest BCUT2D eigenvalue weighted by Gasteiger charge is -2.23. The first kappa shape index (κ1) is 13.5. The van der Waals surface area contributed by atoms with Crippen LogP contribution >= 0.6 is 0 Å². The van der Waals surface area contributed by atoms with Crippen molar-refractivity contribution in [2.75, 3.05) is 19.8 Å². The third-order valence-electron chi connectivity index (χ3n) is 3.40. The summed E-state index contributed by atoms with van der Waals surface area (Å²) in [7, 11) is 0. The highest BCUT2D eigenvalue weighted by Crippen LogP contribution is 2.18. The first-order chi connectivity index (χ1) is 8.77. The number of aliphatic hydroxyl groups is 1. The minimum Gasteiger partial charge on any atom is -0.386 e. The van der Waals surface area contributed by atoms with Gasteiger partial charge in [0.1, 0.15) is 6.10 Å². The molecule has 18 heavy (non-hydrogen) atoms. The third-order valence-corrected chi connectivity index (χ3v) is 3.40. The molecule has 0 aromatic heterocycles. The molecule has 0 aliphatic carbocycles. The topological polar surface area (TPSA) is 38.7 Å². The molecule has 0 spiro atoms. The first-order valence-electron chi connectivity index (χ1n) is 6.70. The zero-order valence-corrected chi connectivity index (χ0v) is 11.0. The lowest BCUT2D eigenvalue weighted by Crippen LogP contribution is -2.25. The lowest BCUT2D eigenvalue weighted by atomic mass is 10.0. The highest BCUT2D eigenvalue weighted by molar-refractivity contribution is 5.27. The maximum Gasteiger partial charge on any atom is 0.103 e. The molecule has 2 unspecified atom stereocenters. The number of rotatable bonds is 5. The van der Waals surface area contributed by atoms with Crippen LogP contribution in [0.4, 0.5) is 0 Å². The van der Waals surface area contributed by atoms with E-state index in [0.29, 0.717) is 13.2 Å². The second-order valence-corrected chi connectivity index (χ2v) is 4.90. The molecular weight excluding hydrogens is 228 g/mol. The van der Waals surface area contributed by atoms with Gasteiger partial charge in [-0.15, -0.1) is 0 Å². The zero-order valence-electron chi connectivity index (χ0n) is 11.0. The van der Waals surface area contributed by atoms with E-state index in [2.05, 4.69) is 0 Å². The van der Waals surface area contributed by atoms with Crippen molar-refractivity contribution >= 4 is 0 Å². The van der Waals surface area contributed by atoms with Gasteiger partial charge in [0.15, 0.2) is 0 Å². The zero-order chi connectivity index (χ0) is 12.8. The van der Waals surface area contributed by atoms with Gasteiger partial charge in [-0.2, -0.15) is 0 Å². The summed E-state index contributed by atoms with van der Waals surface area (Å²) in [6.07, 6.45) is 3.11. The van der Waals surface area contributed by atoms with Crippen LogP contribution in [0.3, 0.4) is 0 Å². The standard InChI is InChI=1S/C15H22O3/c1-12-6-2-3-8-14(12)15(16)11-17-10-13-7-4-5-9-18-13/h2-3,6,8,13,15-16H,4-5,7,9-11H2,1H3. The maximum atomic E-state index is 10.1. The molecule has 0 radical (unpaired) electrons. The van der Waals surface area contributed by atoms with Crippen LogP contribution in [0.1, 0.15) is 36.5 Å². The van der Waals surface area contributed by atoms with E-state index in [1.54, 1.807) is 0 Å². The van der Waals surface area contributed by atoms with Crippen molar-refractivity contribution < 1.29 is 14.6 Å². The van der Waals surface area contributed by atoms with Gasteiger partial charge in [0, 0.05) is 6.61 Å². The van der Waals surface area contributed by atoms with Crippen LogP contribution in [-0.4, -0.2) is 31.0 Å². The third kappa shape index (κ3) is 3.80. The van der Waals surface area contributed by atoms with Crippen LogP contribution in [0.5, 0.6) is 0 Å². The molecule has 1 saturated heterocycles. The smallest absolute Gasteiger partial charge is 0.103 e. The van der Waals surface area contributed by atoms with Crippen molar-refractivity contribution in [3.05, 3.63) is 35.4 Å². The summed E-state index contributed by atoms with van der Waals surface area (Å²) in [5.41, 5.74) is 2.05. The van der Waals surface area contributed by atoms with E-state index < -0.39 is 6.10 Å². The molecule has 1 aliphatic rings. The van der Waals surface area contributed by atoms with Crippen LogP contribution in [0.25, 0.3) is 0 Å². The molecule has 1 aromatic rings. The summed E-state index contributed by atoms with van der Waals surface area (Å²) in [6, 6.07) is 7.86.